The van der Waals surface area contributed by atoms with Crippen molar-refractivity contribution in [3.05, 3.63) is 35.9 Å². The van der Waals surface area contributed by atoms with Crippen molar-refractivity contribution in [2.24, 2.45) is 0 Å². The number of carbonyl (C=O) groups excluding carboxylic acids is 1. The number of carbonyl (C=O) groups is 1. The largest absolute Gasteiger partial charge is 0.459 e. The van der Waals surface area contributed by atoms with Gasteiger partial charge >= 0.3 is 5.97 Å². The molecule has 0 unspecified atom stereocenters. The number of hydrogen-bond donors (Lipinski definition) is 0. The summed E-state index contributed by atoms with van der Waals surface area (Å²) in [5, 5.41) is 0. The molecule has 0 aliphatic carbocycles. The van der Waals surface area contributed by atoms with Gasteiger partial charge in [0.1, 0.15) is 6.10 Å². The first-order chi connectivity index (χ1) is 7.75. The van der Waals surface area contributed by atoms with Crippen LogP contribution in [0.5, 0.6) is 0 Å². The monoisotopic (exact) mass is 220 g/mol. The molecule has 1 aliphatic heterocycles. The summed E-state index contributed by atoms with van der Waals surface area (Å²) in [6, 6.07) is 9.09. The number of rotatable bonds is 2. The zero-order chi connectivity index (χ0) is 11.4. The summed E-state index contributed by atoms with van der Waals surface area (Å²) in [7, 11) is 0. The minimum atomic E-state index is -0.236. The van der Waals surface area contributed by atoms with Gasteiger partial charge in [-0.05, 0) is 19.1 Å². The van der Waals surface area contributed by atoms with E-state index in [1.54, 1.807) is 12.1 Å². The normalized spacial score (nSPS) is 25.1. The fourth-order valence-electron chi connectivity index (χ4n) is 1.86. The molecule has 16 heavy (non-hydrogen) atoms. The van der Waals surface area contributed by atoms with Crippen LogP contribution in [0.4, 0.5) is 0 Å². The van der Waals surface area contributed by atoms with E-state index in [4.69, 9.17) is 9.47 Å². The molecule has 3 heteroatoms. The average Bonchev–Trinajstić information content (AvgIpc) is 2.30. The van der Waals surface area contributed by atoms with E-state index in [0.29, 0.717) is 12.2 Å². The lowest BCUT2D eigenvalue weighted by atomic mass is 10.1. The second-order valence-electron chi connectivity index (χ2n) is 4.10. The van der Waals surface area contributed by atoms with E-state index in [2.05, 4.69) is 0 Å². The van der Waals surface area contributed by atoms with E-state index in [1.165, 1.54) is 0 Å². The molecule has 1 fully saturated rings. The van der Waals surface area contributed by atoms with Crippen molar-refractivity contribution in [1.29, 1.82) is 0 Å². The summed E-state index contributed by atoms with van der Waals surface area (Å²) < 4.78 is 10.8. The molecule has 0 spiro atoms. The van der Waals surface area contributed by atoms with Gasteiger partial charge in [-0.2, -0.15) is 0 Å². The van der Waals surface area contributed by atoms with Crippen LogP contribution < -0.4 is 0 Å². The molecule has 86 valence electrons. The molecule has 1 saturated heterocycles. The van der Waals surface area contributed by atoms with E-state index >= 15 is 0 Å². The quantitative estimate of drug-likeness (QED) is 0.718. The topological polar surface area (TPSA) is 35.5 Å². The fourth-order valence-corrected chi connectivity index (χ4v) is 1.86. The van der Waals surface area contributed by atoms with Crippen LogP contribution in [0.3, 0.4) is 0 Å². The summed E-state index contributed by atoms with van der Waals surface area (Å²) in [5.74, 6) is -0.236. The third-order valence-corrected chi connectivity index (χ3v) is 2.72. The molecule has 1 aromatic rings. The van der Waals surface area contributed by atoms with Crippen LogP contribution in [0.1, 0.15) is 30.1 Å². The molecule has 0 bridgehead atoms. The van der Waals surface area contributed by atoms with Crippen molar-refractivity contribution < 1.29 is 14.3 Å². The summed E-state index contributed by atoms with van der Waals surface area (Å²) >= 11 is 0. The van der Waals surface area contributed by atoms with Gasteiger partial charge in [-0.1, -0.05) is 18.2 Å². The summed E-state index contributed by atoms with van der Waals surface area (Å²) in [6.07, 6.45) is 1.76. The first-order valence-electron chi connectivity index (χ1n) is 5.63. The molecule has 0 amide bonds. The Morgan fingerprint density at radius 3 is 2.81 bits per heavy atom. The van der Waals surface area contributed by atoms with Gasteiger partial charge in [0.15, 0.2) is 0 Å². The van der Waals surface area contributed by atoms with Crippen LogP contribution in [-0.4, -0.2) is 24.8 Å². The fraction of sp³-hybridized carbons (Fsp3) is 0.462. The third kappa shape index (κ3) is 2.83. The van der Waals surface area contributed by atoms with Crippen LogP contribution in [0, 0.1) is 0 Å². The van der Waals surface area contributed by atoms with Gasteiger partial charge in [0.25, 0.3) is 0 Å². The van der Waals surface area contributed by atoms with Crippen molar-refractivity contribution in [3.63, 3.8) is 0 Å². The average molecular weight is 220 g/mol. The highest BCUT2D eigenvalue weighted by molar-refractivity contribution is 5.89. The zero-order valence-corrected chi connectivity index (χ0v) is 9.39. The molecule has 2 atom stereocenters. The second kappa shape index (κ2) is 5.12. The van der Waals surface area contributed by atoms with E-state index in [1.807, 2.05) is 25.1 Å². The predicted octanol–water partition coefficient (Wildman–Crippen LogP) is 2.41. The Balaban J connectivity index is 1.92. The Kier molecular flexibility index (Phi) is 3.57. The van der Waals surface area contributed by atoms with Gasteiger partial charge < -0.3 is 9.47 Å². The number of esters is 1. The molecule has 1 aromatic carbocycles. The first-order valence-corrected chi connectivity index (χ1v) is 5.63. The smallest absolute Gasteiger partial charge is 0.338 e. The van der Waals surface area contributed by atoms with Crippen molar-refractivity contribution in [3.8, 4) is 0 Å². The number of ether oxygens (including phenoxy) is 2. The Morgan fingerprint density at radius 1 is 1.38 bits per heavy atom. The molecule has 0 N–H and O–H groups in total. The highest BCUT2D eigenvalue weighted by Gasteiger charge is 2.23. The van der Waals surface area contributed by atoms with Crippen molar-refractivity contribution >= 4 is 5.97 Å². The van der Waals surface area contributed by atoms with Crippen molar-refractivity contribution in [2.75, 3.05) is 6.61 Å². The number of hydrogen-bond acceptors (Lipinski definition) is 3. The lowest BCUT2D eigenvalue weighted by Crippen LogP contribution is -2.30. The minimum Gasteiger partial charge on any atom is -0.459 e. The molecular weight excluding hydrogens is 204 g/mol. The molecule has 3 nitrogen and oxygen atoms in total. The Hall–Kier alpha value is -1.35. The highest BCUT2D eigenvalue weighted by atomic mass is 16.6. The maximum Gasteiger partial charge on any atom is 0.338 e. The van der Waals surface area contributed by atoms with Crippen LogP contribution in [0.2, 0.25) is 0 Å². The summed E-state index contributed by atoms with van der Waals surface area (Å²) in [6.45, 7) is 2.68. The second-order valence-corrected chi connectivity index (χ2v) is 4.10. The molecule has 2 rings (SSSR count). The summed E-state index contributed by atoms with van der Waals surface area (Å²) in [5.41, 5.74) is 0.613. The van der Waals surface area contributed by atoms with Gasteiger partial charge in [0.2, 0.25) is 0 Å². The van der Waals surface area contributed by atoms with Gasteiger partial charge in [0, 0.05) is 12.8 Å². The highest BCUT2D eigenvalue weighted by Crippen LogP contribution is 2.17. The van der Waals surface area contributed by atoms with Gasteiger partial charge in [-0.3, -0.25) is 0 Å². The van der Waals surface area contributed by atoms with Crippen LogP contribution >= 0.6 is 0 Å². The third-order valence-electron chi connectivity index (χ3n) is 2.72. The van der Waals surface area contributed by atoms with Gasteiger partial charge in [-0.15, -0.1) is 0 Å². The molecular formula is C13H16O3. The van der Waals surface area contributed by atoms with Crippen LogP contribution in [0.25, 0.3) is 0 Å². The zero-order valence-electron chi connectivity index (χ0n) is 9.39. The van der Waals surface area contributed by atoms with E-state index in [9.17, 15) is 4.79 Å². The number of benzene rings is 1. The van der Waals surface area contributed by atoms with Gasteiger partial charge in [0.05, 0.1) is 18.3 Å². The van der Waals surface area contributed by atoms with Crippen LogP contribution in [0.15, 0.2) is 30.3 Å². The Morgan fingerprint density at radius 2 is 2.12 bits per heavy atom. The molecule has 0 aromatic heterocycles. The lowest BCUT2D eigenvalue weighted by molar-refractivity contribution is -0.0479. The standard InChI is InChI=1S/C13H16O3/c1-10-9-12(7-8-15-10)16-13(14)11-5-3-2-4-6-11/h2-6,10,12H,7-9H2,1H3/t10-,12-/m0/s1. The minimum absolute atomic E-state index is 0.00328. The van der Waals surface area contributed by atoms with Crippen molar-refractivity contribution in [2.45, 2.75) is 32.0 Å². The predicted molar refractivity (Wildman–Crippen MR) is 60.3 cm³/mol. The van der Waals surface area contributed by atoms with E-state index in [-0.39, 0.29) is 18.2 Å². The Bertz CT molecular complexity index is 347. The van der Waals surface area contributed by atoms with Crippen molar-refractivity contribution in [1.82, 2.24) is 0 Å². The van der Waals surface area contributed by atoms with Gasteiger partial charge in [-0.25, -0.2) is 4.79 Å². The molecule has 1 aliphatic rings. The SMILES string of the molecule is C[C@H]1C[C@@H](OC(=O)c2ccccc2)CCO1. The van der Waals surface area contributed by atoms with E-state index < -0.39 is 0 Å². The van der Waals surface area contributed by atoms with Crippen LogP contribution in [-0.2, 0) is 9.47 Å². The maximum atomic E-state index is 11.8. The van der Waals surface area contributed by atoms with E-state index in [0.717, 1.165) is 12.8 Å². The molecule has 1 heterocycles. The lowest BCUT2D eigenvalue weighted by Gasteiger charge is -2.26. The summed E-state index contributed by atoms with van der Waals surface area (Å²) in [4.78, 5) is 11.8. The molecule has 0 saturated carbocycles. The first kappa shape index (κ1) is 11.1. The maximum absolute atomic E-state index is 11.8. The Labute approximate surface area is 95.4 Å². The molecule has 0 radical (unpaired) electrons.